The number of aryl methyl sites for hydroxylation is 1. The van der Waals surface area contributed by atoms with Gasteiger partial charge in [-0.1, -0.05) is 30.3 Å². The van der Waals surface area contributed by atoms with E-state index in [-0.39, 0.29) is 0 Å². The number of hydrogen-bond donors (Lipinski definition) is 0. The van der Waals surface area contributed by atoms with Crippen LogP contribution in [0.25, 0.3) is 22.7 Å². The van der Waals surface area contributed by atoms with E-state index in [0.717, 1.165) is 39.8 Å². The van der Waals surface area contributed by atoms with Crippen LogP contribution in [0.1, 0.15) is 11.3 Å². The van der Waals surface area contributed by atoms with Gasteiger partial charge < -0.3 is 9.15 Å². The van der Waals surface area contributed by atoms with E-state index >= 15 is 0 Å². The van der Waals surface area contributed by atoms with Crippen LogP contribution in [0, 0.1) is 6.92 Å². The maximum absolute atomic E-state index is 5.81. The Kier molecular flexibility index (Phi) is 4.48. The second-order valence-electron chi connectivity index (χ2n) is 6.01. The maximum atomic E-state index is 5.81. The molecule has 0 atom stereocenters. The Morgan fingerprint density at radius 2 is 1.50 bits per heavy atom. The van der Waals surface area contributed by atoms with Crippen molar-refractivity contribution in [2.45, 2.75) is 13.5 Å². The van der Waals surface area contributed by atoms with Crippen LogP contribution in [-0.4, -0.2) is 10.2 Å². The van der Waals surface area contributed by atoms with Gasteiger partial charge in [-0.25, -0.2) is 0 Å². The van der Waals surface area contributed by atoms with Crippen LogP contribution in [0.3, 0.4) is 0 Å². The number of aromatic nitrogens is 2. The lowest BCUT2D eigenvalue weighted by Crippen LogP contribution is -1.95. The smallest absolute Gasteiger partial charge is 0.154 e. The Bertz CT molecular complexity index is 975. The van der Waals surface area contributed by atoms with Crippen molar-refractivity contribution < 1.29 is 9.15 Å². The normalized spacial score (nSPS) is 10.7. The van der Waals surface area contributed by atoms with Crippen LogP contribution in [0.2, 0.25) is 0 Å². The number of rotatable bonds is 5. The molecule has 0 spiro atoms. The first-order chi connectivity index (χ1) is 12.8. The molecule has 4 aromatic rings. The lowest BCUT2D eigenvalue weighted by Gasteiger charge is -2.07. The van der Waals surface area contributed by atoms with Crippen molar-refractivity contribution >= 4 is 0 Å². The van der Waals surface area contributed by atoms with E-state index < -0.39 is 0 Å². The first kappa shape index (κ1) is 16.1. The fourth-order valence-electron chi connectivity index (χ4n) is 2.65. The molecule has 0 bridgehead atoms. The molecule has 26 heavy (non-hydrogen) atoms. The zero-order valence-corrected chi connectivity index (χ0v) is 14.4. The molecular weight excluding hydrogens is 324 g/mol. The molecule has 4 rings (SSSR count). The Labute approximate surface area is 152 Å². The monoisotopic (exact) mass is 342 g/mol. The predicted molar refractivity (Wildman–Crippen MR) is 101 cm³/mol. The molecule has 4 nitrogen and oxygen atoms in total. The molecule has 0 saturated carbocycles. The summed E-state index contributed by atoms with van der Waals surface area (Å²) in [6, 6.07) is 25.7. The quantitative estimate of drug-likeness (QED) is 0.494. The summed E-state index contributed by atoms with van der Waals surface area (Å²) in [7, 11) is 0. The van der Waals surface area contributed by atoms with Crippen molar-refractivity contribution in [1.29, 1.82) is 0 Å². The molecule has 0 amide bonds. The minimum Gasteiger partial charge on any atom is -0.489 e. The van der Waals surface area contributed by atoms with Gasteiger partial charge in [-0.15, -0.1) is 10.2 Å². The van der Waals surface area contributed by atoms with Gasteiger partial charge >= 0.3 is 0 Å². The Morgan fingerprint density at radius 1 is 0.769 bits per heavy atom. The molecule has 0 aliphatic carbocycles. The molecule has 0 aliphatic rings. The SMILES string of the molecule is Cc1ccc(-c2ccc(-c3ccc(OCc4ccccc4)cc3)nn2)o1. The predicted octanol–water partition coefficient (Wildman–Crippen LogP) is 5.29. The van der Waals surface area contributed by atoms with Crippen LogP contribution in [0.4, 0.5) is 0 Å². The Morgan fingerprint density at radius 3 is 2.15 bits per heavy atom. The average molecular weight is 342 g/mol. The zero-order valence-electron chi connectivity index (χ0n) is 14.4. The van der Waals surface area contributed by atoms with Gasteiger partial charge in [0.1, 0.15) is 23.8 Å². The second-order valence-corrected chi connectivity index (χ2v) is 6.01. The number of furan rings is 1. The number of benzene rings is 2. The zero-order chi connectivity index (χ0) is 17.8. The average Bonchev–Trinajstić information content (AvgIpc) is 3.14. The van der Waals surface area contributed by atoms with Crippen molar-refractivity contribution in [2.75, 3.05) is 0 Å². The third-order valence-corrected chi connectivity index (χ3v) is 4.06. The summed E-state index contributed by atoms with van der Waals surface area (Å²) in [4.78, 5) is 0. The van der Waals surface area contributed by atoms with Gasteiger partial charge in [0.25, 0.3) is 0 Å². The highest BCUT2D eigenvalue weighted by atomic mass is 16.5. The summed E-state index contributed by atoms with van der Waals surface area (Å²) in [6.07, 6.45) is 0. The fraction of sp³-hybridized carbons (Fsp3) is 0.0909. The highest BCUT2D eigenvalue weighted by Crippen LogP contribution is 2.24. The van der Waals surface area contributed by atoms with Crippen molar-refractivity contribution in [3.05, 3.63) is 90.2 Å². The number of nitrogens with zero attached hydrogens (tertiary/aromatic N) is 2. The largest absolute Gasteiger partial charge is 0.489 e. The fourth-order valence-corrected chi connectivity index (χ4v) is 2.65. The van der Waals surface area contributed by atoms with Gasteiger partial charge in [0.15, 0.2) is 5.76 Å². The van der Waals surface area contributed by atoms with Crippen LogP contribution in [0.5, 0.6) is 5.75 Å². The lowest BCUT2D eigenvalue weighted by atomic mass is 10.1. The molecule has 0 saturated heterocycles. The first-order valence-electron chi connectivity index (χ1n) is 8.46. The standard InChI is InChI=1S/C22H18N2O2/c1-16-7-14-22(26-16)21-13-12-20(23-24-21)18-8-10-19(11-9-18)25-15-17-5-3-2-4-6-17/h2-14H,15H2,1H3. The van der Waals surface area contributed by atoms with E-state index in [0.29, 0.717) is 6.61 Å². The lowest BCUT2D eigenvalue weighted by molar-refractivity contribution is 0.306. The van der Waals surface area contributed by atoms with E-state index in [1.54, 1.807) is 0 Å². The van der Waals surface area contributed by atoms with Crippen molar-refractivity contribution in [2.24, 2.45) is 0 Å². The van der Waals surface area contributed by atoms with Gasteiger partial charge in [0, 0.05) is 5.56 Å². The highest BCUT2D eigenvalue weighted by Gasteiger charge is 2.06. The summed E-state index contributed by atoms with van der Waals surface area (Å²) >= 11 is 0. The maximum Gasteiger partial charge on any atom is 0.154 e. The molecule has 0 N–H and O–H groups in total. The topological polar surface area (TPSA) is 48.2 Å². The highest BCUT2D eigenvalue weighted by molar-refractivity contribution is 5.62. The van der Waals surface area contributed by atoms with Gasteiger partial charge in [0.2, 0.25) is 0 Å². The first-order valence-corrected chi connectivity index (χ1v) is 8.46. The van der Waals surface area contributed by atoms with Crippen LogP contribution >= 0.6 is 0 Å². The summed E-state index contributed by atoms with van der Waals surface area (Å²) in [5.74, 6) is 2.41. The van der Waals surface area contributed by atoms with E-state index in [1.165, 1.54) is 0 Å². The van der Waals surface area contributed by atoms with Crippen molar-refractivity contribution in [1.82, 2.24) is 10.2 Å². The summed E-state index contributed by atoms with van der Waals surface area (Å²) < 4.78 is 11.4. The van der Waals surface area contributed by atoms with Crippen LogP contribution < -0.4 is 4.74 Å². The molecule has 0 unspecified atom stereocenters. The Hall–Kier alpha value is -3.40. The minimum absolute atomic E-state index is 0.553. The molecule has 128 valence electrons. The third-order valence-electron chi connectivity index (χ3n) is 4.06. The van der Waals surface area contributed by atoms with E-state index in [4.69, 9.17) is 9.15 Å². The second kappa shape index (κ2) is 7.23. The van der Waals surface area contributed by atoms with Crippen molar-refractivity contribution in [3.63, 3.8) is 0 Å². The van der Waals surface area contributed by atoms with Gasteiger partial charge in [-0.2, -0.15) is 0 Å². The number of ether oxygens (including phenoxy) is 1. The van der Waals surface area contributed by atoms with Crippen LogP contribution in [0.15, 0.2) is 83.3 Å². The number of hydrogen-bond acceptors (Lipinski definition) is 4. The molecule has 2 aromatic heterocycles. The molecular formula is C22H18N2O2. The summed E-state index contributed by atoms with van der Waals surface area (Å²) in [5.41, 5.74) is 3.68. The van der Waals surface area contributed by atoms with Crippen molar-refractivity contribution in [3.8, 4) is 28.5 Å². The molecule has 4 heteroatoms. The van der Waals surface area contributed by atoms with E-state index in [1.807, 2.05) is 85.8 Å². The summed E-state index contributed by atoms with van der Waals surface area (Å²) in [6.45, 7) is 2.46. The molecule has 0 fully saturated rings. The third kappa shape index (κ3) is 3.64. The van der Waals surface area contributed by atoms with Gasteiger partial charge in [0.05, 0.1) is 5.69 Å². The van der Waals surface area contributed by atoms with Gasteiger partial charge in [-0.3, -0.25) is 0 Å². The van der Waals surface area contributed by atoms with E-state index in [2.05, 4.69) is 10.2 Å². The summed E-state index contributed by atoms with van der Waals surface area (Å²) in [5, 5.41) is 8.57. The minimum atomic E-state index is 0.553. The Balaban J connectivity index is 1.44. The molecule has 2 heterocycles. The van der Waals surface area contributed by atoms with Crippen LogP contribution in [-0.2, 0) is 6.61 Å². The molecule has 2 aromatic carbocycles. The van der Waals surface area contributed by atoms with Gasteiger partial charge in [-0.05, 0) is 61.0 Å². The molecule has 0 radical (unpaired) electrons. The molecule has 0 aliphatic heterocycles. The van der Waals surface area contributed by atoms with E-state index in [9.17, 15) is 0 Å².